The van der Waals surface area contributed by atoms with Gasteiger partial charge in [0.25, 0.3) is 0 Å². The van der Waals surface area contributed by atoms with Gasteiger partial charge in [0.05, 0.1) is 5.56 Å². The van der Waals surface area contributed by atoms with Crippen molar-refractivity contribution in [2.24, 2.45) is 10.7 Å². The first-order valence-electron chi connectivity index (χ1n) is 8.61. The highest BCUT2D eigenvalue weighted by Crippen LogP contribution is 2.29. The molecule has 1 atom stereocenters. The molecule has 0 spiro atoms. The van der Waals surface area contributed by atoms with E-state index in [-0.39, 0.29) is 6.54 Å². The van der Waals surface area contributed by atoms with Crippen molar-refractivity contribution in [3.8, 4) is 0 Å². The van der Waals surface area contributed by atoms with E-state index in [1.807, 2.05) is 30.3 Å². The van der Waals surface area contributed by atoms with Crippen LogP contribution in [0.15, 0.2) is 71.5 Å². The number of nitrogens with one attached hydrogen (secondary N) is 2. The molecule has 0 aromatic heterocycles. The zero-order chi connectivity index (χ0) is 19.3. The molecule has 0 saturated carbocycles. The Bertz CT molecular complexity index is 831. The topological polar surface area (TPSA) is 62.4 Å². The molecule has 4 N–H and O–H groups in total. The number of nitrogens with two attached hydrogens (primary N) is 1. The summed E-state index contributed by atoms with van der Waals surface area (Å²) in [4.78, 5) is 4.30. The van der Waals surface area contributed by atoms with Gasteiger partial charge in [0.2, 0.25) is 0 Å². The molecule has 7 heteroatoms. The molecule has 0 saturated heterocycles. The van der Waals surface area contributed by atoms with Gasteiger partial charge in [-0.05, 0) is 35.8 Å². The molecule has 0 amide bonds. The highest BCUT2D eigenvalue weighted by atomic mass is 19.4. The lowest BCUT2D eigenvalue weighted by atomic mass is 10.1. The third kappa shape index (κ3) is 5.34. The van der Waals surface area contributed by atoms with Crippen molar-refractivity contribution in [2.75, 3.05) is 0 Å². The molecule has 1 aliphatic rings. The summed E-state index contributed by atoms with van der Waals surface area (Å²) in [7, 11) is 0. The smallest absolute Gasteiger partial charge is 0.368 e. The molecular weight excluding hydrogens is 353 g/mol. The maximum absolute atomic E-state index is 12.8. The summed E-state index contributed by atoms with van der Waals surface area (Å²) < 4.78 is 38.4. The van der Waals surface area contributed by atoms with E-state index in [9.17, 15) is 13.2 Å². The van der Waals surface area contributed by atoms with Gasteiger partial charge in [0.15, 0.2) is 5.79 Å². The van der Waals surface area contributed by atoms with E-state index >= 15 is 0 Å². The molecule has 1 aliphatic heterocycles. The van der Waals surface area contributed by atoms with E-state index in [1.54, 1.807) is 18.4 Å². The Labute approximate surface area is 156 Å². The van der Waals surface area contributed by atoms with Crippen LogP contribution in [0, 0.1) is 0 Å². The third-order valence-electron chi connectivity index (χ3n) is 4.27. The van der Waals surface area contributed by atoms with Crippen LogP contribution in [0.4, 0.5) is 13.2 Å². The number of halogens is 3. The lowest BCUT2D eigenvalue weighted by Crippen LogP contribution is -2.55. The van der Waals surface area contributed by atoms with Crippen LogP contribution in [0.25, 0.3) is 0 Å². The number of benzene rings is 2. The number of hydrogen-bond donors (Lipinski definition) is 3. The lowest BCUT2D eigenvalue weighted by molar-refractivity contribution is -0.137. The van der Waals surface area contributed by atoms with Crippen molar-refractivity contribution in [1.29, 1.82) is 0 Å². The number of allylic oxidation sites excluding steroid dienone is 1. The standard InChI is InChI=1S/C20H21F3N4/c21-20(22,23)17-8-4-7-16(13-17)14-25-18-10-12-26-19(24,27-18)11-9-15-5-2-1-3-6-15/h1-8,10,12-13,25,27H,9,11,14,24H2. The molecule has 2 aromatic carbocycles. The molecular formula is C20H21F3N4. The minimum Gasteiger partial charge on any atom is -0.368 e. The maximum atomic E-state index is 12.8. The van der Waals surface area contributed by atoms with Gasteiger partial charge >= 0.3 is 6.18 Å². The minimum absolute atomic E-state index is 0.241. The Hall–Kier alpha value is -2.80. The van der Waals surface area contributed by atoms with Gasteiger partial charge in [-0.2, -0.15) is 13.2 Å². The molecule has 3 rings (SSSR count). The second kappa shape index (κ2) is 7.84. The molecule has 0 aliphatic carbocycles. The van der Waals surface area contributed by atoms with Crippen molar-refractivity contribution in [3.05, 3.63) is 83.2 Å². The summed E-state index contributed by atoms with van der Waals surface area (Å²) in [6.45, 7) is 0.241. The molecule has 1 unspecified atom stereocenters. The van der Waals surface area contributed by atoms with Crippen LogP contribution in [-0.2, 0) is 19.1 Å². The summed E-state index contributed by atoms with van der Waals surface area (Å²) in [5.74, 6) is -0.334. The lowest BCUT2D eigenvalue weighted by Gasteiger charge is -2.31. The number of aliphatic imine (C=N–C) groups is 1. The van der Waals surface area contributed by atoms with Gasteiger partial charge in [0.1, 0.15) is 5.82 Å². The van der Waals surface area contributed by atoms with Crippen LogP contribution in [0.5, 0.6) is 0 Å². The molecule has 142 valence electrons. The molecule has 27 heavy (non-hydrogen) atoms. The fourth-order valence-corrected chi connectivity index (χ4v) is 2.82. The van der Waals surface area contributed by atoms with Gasteiger partial charge in [-0.15, -0.1) is 0 Å². The van der Waals surface area contributed by atoms with Gasteiger partial charge in [-0.1, -0.05) is 42.5 Å². The summed E-state index contributed by atoms with van der Waals surface area (Å²) in [5, 5.41) is 6.20. The van der Waals surface area contributed by atoms with Gasteiger partial charge in [0, 0.05) is 19.2 Å². The van der Waals surface area contributed by atoms with Crippen LogP contribution in [0.1, 0.15) is 23.1 Å². The van der Waals surface area contributed by atoms with Crippen molar-refractivity contribution in [3.63, 3.8) is 0 Å². The van der Waals surface area contributed by atoms with Crippen LogP contribution < -0.4 is 16.4 Å². The van der Waals surface area contributed by atoms with Crippen LogP contribution >= 0.6 is 0 Å². The second-order valence-corrected chi connectivity index (χ2v) is 6.45. The predicted molar refractivity (Wildman–Crippen MR) is 99.7 cm³/mol. The van der Waals surface area contributed by atoms with Crippen LogP contribution in [0.2, 0.25) is 0 Å². The number of rotatable bonds is 6. The van der Waals surface area contributed by atoms with Crippen molar-refractivity contribution >= 4 is 6.21 Å². The van der Waals surface area contributed by atoms with Gasteiger partial charge < -0.3 is 10.6 Å². The predicted octanol–water partition coefficient (Wildman–Crippen LogP) is 3.56. The highest BCUT2D eigenvalue weighted by molar-refractivity contribution is 5.73. The quantitative estimate of drug-likeness (QED) is 0.725. The molecule has 4 nitrogen and oxygen atoms in total. The first-order valence-corrected chi connectivity index (χ1v) is 8.61. The number of hydrogen-bond acceptors (Lipinski definition) is 4. The first-order chi connectivity index (χ1) is 12.8. The average molecular weight is 374 g/mol. The van der Waals surface area contributed by atoms with E-state index in [2.05, 4.69) is 15.6 Å². The van der Waals surface area contributed by atoms with Crippen molar-refractivity contribution in [1.82, 2.24) is 10.6 Å². The molecule has 0 radical (unpaired) electrons. The van der Waals surface area contributed by atoms with E-state index in [0.717, 1.165) is 24.1 Å². The summed E-state index contributed by atoms with van der Waals surface area (Å²) >= 11 is 0. The molecule has 1 heterocycles. The molecule has 2 aromatic rings. The van der Waals surface area contributed by atoms with E-state index in [1.165, 1.54) is 6.07 Å². The third-order valence-corrected chi connectivity index (χ3v) is 4.27. The summed E-state index contributed by atoms with van der Waals surface area (Å²) in [6.07, 6.45) is 0.296. The Morgan fingerprint density at radius 1 is 1.04 bits per heavy atom. The van der Waals surface area contributed by atoms with E-state index in [4.69, 9.17) is 5.73 Å². The molecule has 0 fully saturated rings. The summed E-state index contributed by atoms with van der Waals surface area (Å²) in [6, 6.07) is 15.2. The van der Waals surface area contributed by atoms with Crippen LogP contribution in [0.3, 0.4) is 0 Å². The Morgan fingerprint density at radius 2 is 1.78 bits per heavy atom. The normalized spacial score (nSPS) is 19.3. The minimum atomic E-state index is -4.35. The highest BCUT2D eigenvalue weighted by Gasteiger charge is 2.30. The second-order valence-electron chi connectivity index (χ2n) is 6.45. The SMILES string of the molecule is NC1(CCc2ccccc2)N=CC=C(NCc2cccc(C(F)(F)F)c2)N1. The summed E-state index contributed by atoms with van der Waals surface area (Å²) in [5.41, 5.74) is 7.34. The van der Waals surface area contributed by atoms with Gasteiger partial charge in [-0.25, -0.2) is 0 Å². The largest absolute Gasteiger partial charge is 0.416 e. The fourth-order valence-electron chi connectivity index (χ4n) is 2.82. The fraction of sp³-hybridized carbons (Fsp3) is 0.250. The van der Waals surface area contributed by atoms with Gasteiger partial charge in [-0.3, -0.25) is 10.7 Å². The average Bonchev–Trinajstić information content (AvgIpc) is 2.65. The first kappa shape index (κ1) is 19.0. The van der Waals surface area contributed by atoms with Crippen LogP contribution in [-0.4, -0.2) is 12.0 Å². The zero-order valence-electron chi connectivity index (χ0n) is 14.6. The van der Waals surface area contributed by atoms with Crippen molar-refractivity contribution in [2.45, 2.75) is 31.3 Å². The number of aryl methyl sites for hydroxylation is 1. The van der Waals surface area contributed by atoms with Crippen molar-refractivity contribution < 1.29 is 13.2 Å². The Kier molecular flexibility index (Phi) is 5.51. The number of nitrogens with zero attached hydrogens (tertiary/aromatic N) is 1. The van der Waals surface area contributed by atoms with E-state index in [0.29, 0.717) is 17.8 Å². The zero-order valence-corrected chi connectivity index (χ0v) is 14.6. The Morgan fingerprint density at radius 3 is 2.52 bits per heavy atom. The molecule has 0 bridgehead atoms. The Balaban J connectivity index is 1.57. The monoisotopic (exact) mass is 374 g/mol. The van der Waals surface area contributed by atoms with E-state index < -0.39 is 17.5 Å². The number of alkyl halides is 3. The maximum Gasteiger partial charge on any atom is 0.416 e.